The maximum absolute atomic E-state index is 13.2. The van der Waals surface area contributed by atoms with E-state index in [2.05, 4.69) is 10.1 Å². The summed E-state index contributed by atoms with van der Waals surface area (Å²) in [6.45, 7) is 0.0771. The predicted octanol–water partition coefficient (Wildman–Crippen LogP) is 1.27. The van der Waals surface area contributed by atoms with Gasteiger partial charge in [-0.05, 0) is 18.6 Å². The lowest BCUT2D eigenvalue weighted by Gasteiger charge is -2.07. The first-order valence-corrected chi connectivity index (χ1v) is 5.84. The van der Waals surface area contributed by atoms with Gasteiger partial charge >= 0.3 is 5.97 Å². The van der Waals surface area contributed by atoms with E-state index in [-0.39, 0.29) is 30.7 Å². The number of amides is 1. The quantitative estimate of drug-likeness (QED) is 0.598. The maximum atomic E-state index is 13.2. The van der Waals surface area contributed by atoms with E-state index in [4.69, 9.17) is 4.74 Å². The molecule has 0 aliphatic rings. The molecular weight excluding hydrogens is 253 g/mol. The number of carbonyl (C=O) groups is 2. The Labute approximate surface area is 110 Å². The van der Waals surface area contributed by atoms with Gasteiger partial charge in [0.15, 0.2) is 18.2 Å². The van der Waals surface area contributed by atoms with E-state index in [0.29, 0.717) is 13.0 Å². The van der Waals surface area contributed by atoms with Crippen LogP contribution in [0.25, 0.3) is 0 Å². The van der Waals surface area contributed by atoms with E-state index in [1.165, 1.54) is 25.3 Å². The third kappa shape index (κ3) is 5.85. The summed E-state index contributed by atoms with van der Waals surface area (Å²) in [5.74, 6) is -1.17. The van der Waals surface area contributed by atoms with Gasteiger partial charge in [-0.2, -0.15) is 0 Å². The molecule has 0 heterocycles. The van der Waals surface area contributed by atoms with Crippen molar-refractivity contribution in [2.24, 2.45) is 0 Å². The lowest BCUT2D eigenvalue weighted by Crippen LogP contribution is -2.30. The molecule has 0 aliphatic heterocycles. The Hall–Kier alpha value is -2.11. The van der Waals surface area contributed by atoms with Gasteiger partial charge in [0, 0.05) is 13.0 Å². The van der Waals surface area contributed by atoms with Crippen molar-refractivity contribution in [2.45, 2.75) is 12.8 Å². The highest BCUT2D eigenvalue weighted by Gasteiger charge is 2.06. The van der Waals surface area contributed by atoms with E-state index in [0.717, 1.165) is 0 Å². The zero-order valence-electron chi connectivity index (χ0n) is 10.6. The summed E-state index contributed by atoms with van der Waals surface area (Å²) in [7, 11) is 1.31. The second-order valence-electron chi connectivity index (χ2n) is 3.75. The van der Waals surface area contributed by atoms with Crippen molar-refractivity contribution >= 4 is 11.9 Å². The van der Waals surface area contributed by atoms with Gasteiger partial charge in [-0.15, -0.1) is 0 Å². The number of carbonyl (C=O) groups excluding carboxylic acids is 2. The minimum Gasteiger partial charge on any atom is -0.481 e. The molecule has 0 aliphatic carbocycles. The first kappa shape index (κ1) is 14.9. The maximum Gasteiger partial charge on any atom is 0.305 e. The summed E-state index contributed by atoms with van der Waals surface area (Å²) in [5.41, 5.74) is 0. The van der Waals surface area contributed by atoms with Gasteiger partial charge in [0.2, 0.25) is 0 Å². The molecule has 1 aromatic carbocycles. The number of methoxy groups -OCH3 is 1. The van der Waals surface area contributed by atoms with Crippen molar-refractivity contribution in [2.75, 3.05) is 20.3 Å². The van der Waals surface area contributed by atoms with Gasteiger partial charge in [0.05, 0.1) is 7.11 Å². The summed E-state index contributed by atoms with van der Waals surface area (Å²) in [6.07, 6.45) is 0.725. The third-order valence-electron chi connectivity index (χ3n) is 2.30. The van der Waals surface area contributed by atoms with E-state index < -0.39 is 5.82 Å². The molecule has 6 heteroatoms. The molecule has 0 spiro atoms. The Balaban J connectivity index is 2.18. The number of hydrogen-bond donors (Lipinski definition) is 1. The molecule has 0 unspecified atom stereocenters. The van der Waals surface area contributed by atoms with Crippen LogP contribution in [0.2, 0.25) is 0 Å². The van der Waals surface area contributed by atoms with Crippen molar-refractivity contribution in [1.29, 1.82) is 0 Å². The van der Waals surface area contributed by atoms with Crippen LogP contribution < -0.4 is 10.1 Å². The summed E-state index contributed by atoms with van der Waals surface area (Å²) >= 11 is 0. The van der Waals surface area contributed by atoms with Crippen LogP contribution in [0.5, 0.6) is 5.75 Å². The van der Waals surface area contributed by atoms with Crippen molar-refractivity contribution in [1.82, 2.24) is 5.32 Å². The molecular formula is C13H16FNO4. The summed E-state index contributed by atoms with van der Waals surface area (Å²) < 4.78 is 22.6. The van der Waals surface area contributed by atoms with Gasteiger partial charge in [-0.1, -0.05) is 12.1 Å². The molecule has 0 saturated heterocycles. The second-order valence-corrected chi connectivity index (χ2v) is 3.75. The number of nitrogens with one attached hydrogen (secondary N) is 1. The fourth-order valence-electron chi connectivity index (χ4n) is 1.32. The summed E-state index contributed by atoms with van der Waals surface area (Å²) in [6, 6.07) is 5.85. The van der Waals surface area contributed by atoms with E-state index in [1.807, 2.05) is 0 Å². The van der Waals surface area contributed by atoms with Crippen LogP contribution in [-0.4, -0.2) is 32.1 Å². The molecule has 0 aromatic heterocycles. The van der Waals surface area contributed by atoms with Crippen molar-refractivity contribution < 1.29 is 23.5 Å². The Morgan fingerprint density at radius 1 is 1.32 bits per heavy atom. The topological polar surface area (TPSA) is 64.6 Å². The Morgan fingerprint density at radius 3 is 2.74 bits per heavy atom. The van der Waals surface area contributed by atoms with E-state index in [9.17, 15) is 14.0 Å². The van der Waals surface area contributed by atoms with Crippen molar-refractivity contribution in [3.63, 3.8) is 0 Å². The molecule has 0 radical (unpaired) electrons. The zero-order chi connectivity index (χ0) is 14.1. The lowest BCUT2D eigenvalue weighted by atomic mass is 10.3. The van der Waals surface area contributed by atoms with Crippen LogP contribution in [0.4, 0.5) is 4.39 Å². The molecule has 0 atom stereocenters. The standard InChI is InChI=1S/C13H16FNO4/c1-18-13(17)7-4-8-15-12(16)9-19-11-6-3-2-5-10(11)14/h2-3,5-6H,4,7-9H2,1H3,(H,15,16). The van der Waals surface area contributed by atoms with Gasteiger partial charge in [-0.25, -0.2) is 4.39 Å². The molecule has 5 nitrogen and oxygen atoms in total. The molecule has 104 valence electrons. The third-order valence-corrected chi connectivity index (χ3v) is 2.30. The normalized spacial score (nSPS) is 9.79. The van der Waals surface area contributed by atoms with Crippen molar-refractivity contribution in [3.8, 4) is 5.75 Å². The molecule has 0 bridgehead atoms. The zero-order valence-corrected chi connectivity index (χ0v) is 10.6. The van der Waals surface area contributed by atoms with Crippen LogP contribution in [-0.2, 0) is 14.3 Å². The van der Waals surface area contributed by atoms with Gasteiger partial charge < -0.3 is 14.8 Å². The number of ether oxygens (including phenoxy) is 2. The minimum absolute atomic E-state index is 0.0345. The number of hydrogen-bond acceptors (Lipinski definition) is 4. The molecule has 1 rings (SSSR count). The van der Waals surface area contributed by atoms with Crippen LogP contribution in [0.3, 0.4) is 0 Å². The van der Waals surface area contributed by atoms with Crippen LogP contribution in [0.1, 0.15) is 12.8 Å². The number of benzene rings is 1. The highest BCUT2D eigenvalue weighted by molar-refractivity contribution is 5.77. The molecule has 0 fully saturated rings. The smallest absolute Gasteiger partial charge is 0.305 e. The van der Waals surface area contributed by atoms with Gasteiger partial charge in [-0.3, -0.25) is 9.59 Å². The highest BCUT2D eigenvalue weighted by atomic mass is 19.1. The number of esters is 1. The first-order valence-electron chi connectivity index (χ1n) is 5.84. The Kier molecular flexibility index (Phi) is 6.35. The number of para-hydroxylation sites is 1. The molecule has 1 aromatic rings. The summed E-state index contributed by atoms with van der Waals surface area (Å²) in [5, 5.41) is 2.56. The van der Waals surface area contributed by atoms with E-state index >= 15 is 0 Å². The Bertz CT molecular complexity index is 436. The monoisotopic (exact) mass is 269 g/mol. The SMILES string of the molecule is COC(=O)CCCNC(=O)COc1ccccc1F. The molecule has 1 N–H and O–H groups in total. The molecule has 19 heavy (non-hydrogen) atoms. The summed E-state index contributed by atoms with van der Waals surface area (Å²) in [4.78, 5) is 22.2. The van der Waals surface area contributed by atoms with Gasteiger partial charge in [0.25, 0.3) is 5.91 Å². The number of halogens is 1. The van der Waals surface area contributed by atoms with Crippen LogP contribution in [0, 0.1) is 5.82 Å². The first-order chi connectivity index (χ1) is 9.13. The number of rotatable bonds is 7. The molecule has 1 amide bonds. The largest absolute Gasteiger partial charge is 0.481 e. The average Bonchev–Trinajstić information content (AvgIpc) is 2.42. The van der Waals surface area contributed by atoms with Crippen LogP contribution >= 0.6 is 0 Å². The van der Waals surface area contributed by atoms with Gasteiger partial charge in [0.1, 0.15) is 0 Å². The predicted molar refractivity (Wildman–Crippen MR) is 66.2 cm³/mol. The van der Waals surface area contributed by atoms with Crippen molar-refractivity contribution in [3.05, 3.63) is 30.1 Å². The molecule has 0 saturated carbocycles. The fourth-order valence-corrected chi connectivity index (χ4v) is 1.32. The average molecular weight is 269 g/mol. The highest BCUT2D eigenvalue weighted by Crippen LogP contribution is 2.14. The Morgan fingerprint density at radius 2 is 2.05 bits per heavy atom. The van der Waals surface area contributed by atoms with Crippen LogP contribution in [0.15, 0.2) is 24.3 Å². The van der Waals surface area contributed by atoms with E-state index in [1.54, 1.807) is 6.07 Å². The second kappa shape index (κ2) is 8.07. The minimum atomic E-state index is -0.513. The fraction of sp³-hybridized carbons (Fsp3) is 0.385. The lowest BCUT2D eigenvalue weighted by molar-refractivity contribution is -0.140.